The molecule has 3 fully saturated rings. The zero-order valence-corrected chi connectivity index (χ0v) is 10.8. The highest BCUT2D eigenvalue weighted by atomic mass is 35.5. The van der Waals surface area contributed by atoms with Gasteiger partial charge in [-0.3, -0.25) is 4.79 Å². The maximum Gasteiger partial charge on any atom is 0.305 e. The lowest BCUT2D eigenvalue weighted by Crippen LogP contribution is -3.00. The molecule has 3 aliphatic rings. The van der Waals surface area contributed by atoms with E-state index in [1.807, 2.05) is 0 Å². The van der Waals surface area contributed by atoms with Crippen molar-refractivity contribution in [2.45, 2.75) is 32.1 Å². The van der Waals surface area contributed by atoms with E-state index >= 15 is 0 Å². The zero-order valence-electron chi connectivity index (χ0n) is 10.1. The molecule has 2 bridgehead atoms. The zero-order chi connectivity index (χ0) is 10.7. The number of carbonyl (C=O) groups is 1. The van der Waals surface area contributed by atoms with Gasteiger partial charge in [0, 0.05) is 6.42 Å². The number of fused-ring (bicyclic) bond motifs is 3. The lowest BCUT2D eigenvalue weighted by atomic mass is 9.85. The Morgan fingerprint density at radius 2 is 1.81 bits per heavy atom. The van der Waals surface area contributed by atoms with Crippen molar-refractivity contribution in [3.63, 3.8) is 0 Å². The van der Waals surface area contributed by atoms with Crippen LogP contribution in [0.15, 0.2) is 0 Å². The minimum atomic E-state index is -0.0555. The van der Waals surface area contributed by atoms with Gasteiger partial charge in [0.05, 0.1) is 39.7 Å². The summed E-state index contributed by atoms with van der Waals surface area (Å²) in [4.78, 5) is 11.0. The van der Waals surface area contributed by atoms with Crippen LogP contribution in [0.5, 0.6) is 0 Å². The highest BCUT2D eigenvalue weighted by Gasteiger charge is 2.38. The van der Waals surface area contributed by atoms with E-state index in [-0.39, 0.29) is 18.4 Å². The lowest BCUT2D eigenvalue weighted by molar-refractivity contribution is -0.942. The van der Waals surface area contributed by atoms with Crippen molar-refractivity contribution < 1.29 is 26.4 Å². The molecule has 3 rings (SSSR count). The Morgan fingerprint density at radius 3 is 2.31 bits per heavy atom. The summed E-state index contributed by atoms with van der Waals surface area (Å²) in [6, 6.07) is 0. The average molecular weight is 248 g/mol. The molecule has 0 aliphatic carbocycles. The second kappa shape index (κ2) is 5.87. The molecule has 0 amide bonds. The number of piperidine rings is 3. The number of halogens is 1. The van der Waals surface area contributed by atoms with Gasteiger partial charge in [0.1, 0.15) is 0 Å². The third kappa shape index (κ3) is 3.11. The van der Waals surface area contributed by atoms with E-state index in [9.17, 15) is 4.79 Å². The first-order chi connectivity index (χ1) is 7.24. The molecule has 3 aliphatic heterocycles. The van der Waals surface area contributed by atoms with Gasteiger partial charge in [0.25, 0.3) is 0 Å². The van der Waals surface area contributed by atoms with Crippen LogP contribution < -0.4 is 12.4 Å². The molecule has 16 heavy (non-hydrogen) atoms. The van der Waals surface area contributed by atoms with Crippen molar-refractivity contribution in [3.8, 4) is 0 Å². The average Bonchev–Trinajstić information content (AvgIpc) is 2.31. The van der Waals surface area contributed by atoms with Crippen molar-refractivity contribution in [3.05, 3.63) is 0 Å². The molecule has 0 saturated carbocycles. The standard InChI is InChI=1S/C12H22NO2.ClH/c1-15-12(14)3-2-7-13-8-4-11(5-9-13)6-10-13;/h11H,2-10H2,1H3;1H/q+1;/p-1. The maximum atomic E-state index is 11.0. The Balaban J connectivity index is 0.00000128. The molecule has 0 aromatic heterocycles. The van der Waals surface area contributed by atoms with Gasteiger partial charge in [-0.1, -0.05) is 0 Å². The number of methoxy groups -OCH3 is 1. The Hall–Kier alpha value is -0.280. The van der Waals surface area contributed by atoms with Gasteiger partial charge < -0.3 is 21.6 Å². The molecule has 94 valence electrons. The van der Waals surface area contributed by atoms with Gasteiger partial charge in [-0.2, -0.15) is 0 Å². The SMILES string of the molecule is COC(=O)CCC[N+]12CCC(CC1)CC2.[Cl-]. The summed E-state index contributed by atoms with van der Waals surface area (Å²) in [5.74, 6) is 0.964. The number of nitrogens with zero attached hydrogens (tertiary/aromatic N) is 1. The molecule has 0 aromatic rings. The van der Waals surface area contributed by atoms with Crippen LogP contribution in [0.3, 0.4) is 0 Å². The van der Waals surface area contributed by atoms with Gasteiger partial charge in [0.2, 0.25) is 0 Å². The number of hydrogen-bond acceptors (Lipinski definition) is 2. The van der Waals surface area contributed by atoms with Gasteiger partial charge in [0.15, 0.2) is 0 Å². The summed E-state index contributed by atoms with van der Waals surface area (Å²) in [5, 5.41) is 0. The van der Waals surface area contributed by atoms with Crippen molar-refractivity contribution in [2.75, 3.05) is 33.3 Å². The Morgan fingerprint density at radius 1 is 1.25 bits per heavy atom. The Labute approximate surface area is 104 Å². The van der Waals surface area contributed by atoms with Crippen LogP contribution in [-0.2, 0) is 9.53 Å². The lowest BCUT2D eigenvalue weighted by Gasteiger charge is -2.49. The van der Waals surface area contributed by atoms with E-state index in [0.717, 1.165) is 12.3 Å². The molecule has 0 spiro atoms. The molecule has 0 radical (unpaired) electrons. The minimum Gasteiger partial charge on any atom is -1.00 e. The first kappa shape index (κ1) is 13.8. The van der Waals surface area contributed by atoms with Crippen LogP contribution in [0.2, 0.25) is 0 Å². The Kier molecular flexibility index (Phi) is 5.06. The predicted octanol–water partition coefficient (Wildman–Crippen LogP) is -1.43. The van der Waals surface area contributed by atoms with E-state index in [1.54, 1.807) is 0 Å². The second-order valence-electron chi connectivity index (χ2n) is 5.15. The minimum absolute atomic E-state index is 0. The van der Waals surface area contributed by atoms with Crippen LogP contribution in [0.4, 0.5) is 0 Å². The molecule has 3 heterocycles. The topological polar surface area (TPSA) is 26.3 Å². The summed E-state index contributed by atoms with van der Waals surface area (Å²) in [6.07, 6.45) is 5.84. The molecule has 0 atom stereocenters. The Bertz CT molecular complexity index is 223. The van der Waals surface area contributed by atoms with Gasteiger partial charge >= 0.3 is 5.97 Å². The van der Waals surface area contributed by atoms with Crippen molar-refractivity contribution in [1.29, 1.82) is 0 Å². The molecule has 0 N–H and O–H groups in total. The number of ether oxygens (including phenoxy) is 1. The monoisotopic (exact) mass is 247 g/mol. The largest absolute Gasteiger partial charge is 1.00 e. The highest BCUT2D eigenvalue weighted by Crippen LogP contribution is 2.33. The van der Waals surface area contributed by atoms with E-state index in [1.165, 1.54) is 57.0 Å². The fourth-order valence-electron chi connectivity index (χ4n) is 3.13. The summed E-state index contributed by atoms with van der Waals surface area (Å²) < 4.78 is 5.96. The van der Waals surface area contributed by atoms with Crippen molar-refractivity contribution in [2.24, 2.45) is 5.92 Å². The van der Waals surface area contributed by atoms with Gasteiger partial charge in [-0.25, -0.2) is 0 Å². The van der Waals surface area contributed by atoms with E-state index < -0.39 is 0 Å². The fourth-order valence-corrected chi connectivity index (χ4v) is 3.13. The number of hydrogen-bond donors (Lipinski definition) is 0. The number of carbonyl (C=O) groups excluding carboxylic acids is 1. The summed E-state index contributed by atoms with van der Waals surface area (Å²) in [5.41, 5.74) is 0. The second-order valence-corrected chi connectivity index (χ2v) is 5.15. The smallest absolute Gasteiger partial charge is 0.305 e. The van der Waals surface area contributed by atoms with E-state index in [0.29, 0.717) is 6.42 Å². The molecule has 3 nitrogen and oxygen atoms in total. The van der Waals surface area contributed by atoms with Crippen molar-refractivity contribution in [1.82, 2.24) is 0 Å². The van der Waals surface area contributed by atoms with E-state index in [4.69, 9.17) is 0 Å². The predicted molar refractivity (Wildman–Crippen MR) is 58.3 cm³/mol. The molecule has 0 unspecified atom stereocenters. The molecular weight excluding hydrogens is 226 g/mol. The van der Waals surface area contributed by atoms with Crippen molar-refractivity contribution >= 4 is 5.97 Å². The fraction of sp³-hybridized carbons (Fsp3) is 0.917. The van der Waals surface area contributed by atoms with Crippen LogP contribution in [0.1, 0.15) is 32.1 Å². The highest BCUT2D eigenvalue weighted by molar-refractivity contribution is 5.68. The maximum absolute atomic E-state index is 11.0. The number of rotatable bonds is 4. The van der Waals surface area contributed by atoms with Crippen LogP contribution in [0.25, 0.3) is 0 Å². The van der Waals surface area contributed by atoms with E-state index in [2.05, 4.69) is 4.74 Å². The molecule has 3 saturated heterocycles. The van der Waals surface area contributed by atoms with Gasteiger partial charge in [-0.15, -0.1) is 0 Å². The summed E-state index contributed by atoms with van der Waals surface area (Å²) in [6.45, 7) is 5.24. The quantitative estimate of drug-likeness (QED) is 0.450. The summed E-state index contributed by atoms with van der Waals surface area (Å²) >= 11 is 0. The normalized spacial score (nSPS) is 31.9. The first-order valence-corrected chi connectivity index (χ1v) is 6.16. The third-order valence-electron chi connectivity index (χ3n) is 4.28. The van der Waals surface area contributed by atoms with Gasteiger partial charge in [-0.05, 0) is 25.2 Å². The molecule has 4 heteroatoms. The molecular formula is C12H22ClNO2. The first-order valence-electron chi connectivity index (χ1n) is 6.16. The van der Waals surface area contributed by atoms with Crippen LogP contribution >= 0.6 is 0 Å². The molecule has 0 aromatic carbocycles. The number of esters is 1. The number of quaternary nitrogens is 1. The third-order valence-corrected chi connectivity index (χ3v) is 4.28. The summed E-state index contributed by atoms with van der Waals surface area (Å²) in [7, 11) is 1.47. The van der Waals surface area contributed by atoms with Crippen LogP contribution in [-0.4, -0.2) is 43.7 Å². The van der Waals surface area contributed by atoms with Crippen LogP contribution in [0, 0.1) is 5.92 Å².